The van der Waals surface area contributed by atoms with Crippen LogP contribution in [0, 0.1) is 12.8 Å². The van der Waals surface area contributed by atoms with Crippen molar-refractivity contribution in [1.29, 1.82) is 0 Å². The maximum atomic E-state index is 12.9. The smallest absolute Gasteiger partial charge is 0.407 e. The third-order valence-corrected chi connectivity index (χ3v) is 9.23. The molecule has 36 heavy (non-hydrogen) atoms. The van der Waals surface area contributed by atoms with E-state index >= 15 is 0 Å². The van der Waals surface area contributed by atoms with E-state index < -0.39 is 23.2 Å². The van der Waals surface area contributed by atoms with Crippen LogP contribution in [0.1, 0.15) is 55.7 Å². The molecule has 2 aromatic carbocycles. The molecule has 5 atom stereocenters. The number of nitrogens with zero attached hydrogens (tertiary/aromatic N) is 1. The number of carbonyl (C=O) groups is 1. The number of piperidine rings is 1. The van der Waals surface area contributed by atoms with Gasteiger partial charge >= 0.3 is 6.09 Å². The number of aryl methyl sites for hydroxylation is 1. The van der Waals surface area contributed by atoms with Crippen LogP contribution in [0.3, 0.4) is 0 Å². The van der Waals surface area contributed by atoms with E-state index in [1.54, 1.807) is 6.07 Å². The predicted octanol–water partition coefficient (Wildman–Crippen LogP) is 4.02. The molecule has 1 saturated heterocycles. The summed E-state index contributed by atoms with van der Waals surface area (Å²) in [5.74, 6) is 1.27. The Morgan fingerprint density at radius 2 is 1.94 bits per heavy atom. The highest BCUT2D eigenvalue weighted by Gasteiger charge is 2.70. The van der Waals surface area contributed by atoms with Gasteiger partial charge < -0.3 is 25.0 Å². The number of ether oxygens (including phenoxy) is 2. The van der Waals surface area contributed by atoms with Gasteiger partial charge in [-0.3, -0.25) is 4.90 Å². The molecule has 0 aromatic heterocycles. The van der Waals surface area contributed by atoms with E-state index in [0.717, 1.165) is 35.7 Å². The largest absolute Gasteiger partial charge is 0.504 e. The normalized spacial score (nSPS) is 33.1. The number of likely N-dealkylation sites (tertiary alicyclic amines) is 1. The first-order chi connectivity index (χ1) is 17.3. The van der Waals surface area contributed by atoms with E-state index in [1.807, 2.05) is 43.3 Å². The Balaban J connectivity index is 1.31. The Morgan fingerprint density at radius 3 is 2.69 bits per heavy atom. The summed E-state index contributed by atoms with van der Waals surface area (Å²) in [6.07, 6.45) is 3.36. The van der Waals surface area contributed by atoms with E-state index in [-0.39, 0.29) is 24.4 Å². The molecule has 2 aromatic rings. The van der Waals surface area contributed by atoms with Gasteiger partial charge in [-0.2, -0.15) is 0 Å². The molecule has 1 spiro atoms. The second-order valence-electron chi connectivity index (χ2n) is 11.3. The van der Waals surface area contributed by atoms with Gasteiger partial charge in [-0.05, 0) is 75.6 Å². The summed E-state index contributed by atoms with van der Waals surface area (Å²) in [6.45, 7) is 6.21. The Bertz CT molecular complexity index is 1150. The monoisotopic (exact) mass is 492 g/mol. The Morgan fingerprint density at radius 1 is 1.17 bits per heavy atom. The van der Waals surface area contributed by atoms with Crippen molar-refractivity contribution in [3.8, 4) is 11.5 Å². The first-order valence-corrected chi connectivity index (χ1v) is 13.3. The quantitative estimate of drug-likeness (QED) is 0.584. The van der Waals surface area contributed by atoms with Gasteiger partial charge in [0.25, 0.3) is 0 Å². The van der Waals surface area contributed by atoms with Gasteiger partial charge in [-0.25, -0.2) is 4.79 Å². The minimum absolute atomic E-state index is 0.0587. The van der Waals surface area contributed by atoms with Crippen molar-refractivity contribution < 1.29 is 24.5 Å². The summed E-state index contributed by atoms with van der Waals surface area (Å²) >= 11 is 0. The third kappa shape index (κ3) is 3.58. The highest BCUT2D eigenvalue weighted by atomic mass is 16.6. The number of hydrogen-bond donors (Lipinski definition) is 3. The molecule has 7 heteroatoms. The minimum Gasteiger partial charge on any atom is -0.504 e. The molecule has 2 aliphatic heterocycles. The van der Waals surface area contributed by atoms with Crippen molar-refractivity contribution in [2.24, 2.45) is 5.92 Å². The zero-order valence-corrected chi connectivity index (χ0v) is 21.1. The Hall–Kier alpha value is -2.77. The number of carbonyl (C=O) groups excluding carboxylic acids is 1. The molecular formula is C29H36N2O5. The molecule has 2 saturated carbocycles. The fraction of sp³-hybridized carbons (Fsp3) is 0.552. The highest BCUT2D eigenvalue weighted by Crippen LogP contribution is 2.62. The fourth-order valence-corrected chi connectivity index (χ4v) is 7.18. The van der Waals surface area contributed by atoms with Crippen LogP contribution in [0.15, 0.2) is 42.5 Å². The number of amides is 1. The molecule has 0 radical (unpaired) electrons. The van der Waals surface area contributed by atoms with Gasteiger partial charge in [0.1, 0.15) is 12.7 Å². The third-order valence-electron chi connectivity index (χ3n) is 9.23. The number of phenolic OH excluding ortho intramolecular Hbond substituents is 1. The average Bonchev–Trinajstić information content (AvgIpc) is 3.62. The van der Waals surface area contributed by atoms with Gasteiger partial charge in [0.05, 0.1) is 17.1 Å². The molecule has 0 unspecified atom stereocenters. The second kappa shape index (κ2) is 8.67. The van der Waals surface area contributed by atoms with E-state index in [1.165, 1.54) is 12.8 Å². The topological polar surface area (TPSA) is 91.3 Å². The van der Waals surface area contributed by atoms with E-state index in [4.69, 9.17) is 9.47 Å². The van der Waals surface area contributed by atoms with Crippen molar-refractivity contribution in [3.05, 3.63) is 59.2 Å². The fourth-order valence-electron chi connectivity index (χ4n) is 7.18. The van der Waals surface area contributed by atoms with Crippen LogP contribution in [-0.2, 0) is 16.8 Å². The molecule has 0 bridgehead atoms. The summed E-state index contributed by atoms with van der Waals surface area (Å²) in [4.78, 5) is 15.3. The first kappa shape index (κ1) is 23.6. The van der Waals surface area contributed by atoms with Gasteiger partial charge in [-0.15, -0.1) is 0 Å². The lowest BCUT2D eigenvalue weighted by Crippen LogP contribution is -2.76. The van der Waals surface area contributed by atoms with E-state index in [9.17, 15) is 15.0 Å². The number of nitrogens with one attached hydrogen (secondary N) is 1. The highest BCUT2D eigenvalue weighted by molar-refractivity contribution is 5.68. The Labute approximate surface area is 212 Å². The van der Waals surface area contributed by atoms with Gasteiger partial charge in [-0.1, -0.05) is 36.4 Å². The van der Waals surface area contributed by atoms with Crippen molar-refractivity contribution in [2.75, 3.05) is 13.1 Å². The molecule has 1 amide bonds. The molecule has 7 nitrogen and oxygen atoms in total. The average molecular weight is 493 g/mol. The number of rotatable bonds is 5. The van der Waals surface area contributed by atoms with Crippen LogP contribution in [0.25, 0.3) is 0 Å². The van der Waals surface area contributed by atoms with Crippen LogP contribution in [-0.4, -0.2) is 58.1 Å². The number of aliphatic hydroxyl groups is 1. The zero-order valence-electron chi connectivity index (χ0n) is 21.1. The van der Waals surface area contributed by atoms with E-state index in [0.29, 0.717) is 25.0 Å². The SMILES string of the molecule is Cc1ccc(O)c2c1[C@]13CCN(CC4CC4)[C@H](C)[C@]1(O)CC[C@@H](NC(=O)OCc1ccccc1)[C@@H]3O2. The van der Waals surface area contributed by atoms with Crippen LogP contribution < -0.4 is 10.1 Å². The first-order valence-electron chi connectivity index (χ1n) is 13.3. The number of benzene rings is 2. The summed E-state index contributed by atoms with van der Waals surface area (Å²) in [5, 5.41) is 26.4. The van der Waals surface area contributed by atoms with Gasteiger partial charge in [0, 0.05) is 18.2 Å². The van der Waals surface area contributed by atoms with Crippen LogP contribution in [0.5, 0.6) is 11.5 Å². The summed E-state index contributed by atoms with van der Waals surface area (Å²) < 4.78 is 12.0. The molecular weight excluding hydrogens is 456 g/mol. The second-order valence-corrected chi connectivity index (χ2v) is 11.3. The molecule has 4 aliphatic rings. The minimum atomic E-state index is -1.04. The lowest BCUT2D eigenvalue weighted by molar-refractivity contribution is -0.181. The maximum Gasteiger partial charge on any atom is 0.407 e. The number of aromatic hydroxyl groups is 1. The standard InChI is InChI=1S/C29H36N2O5/c1-18-8-11-23(32)25-24(18)28-14-15-31(16-20-9-10-20)19(2)29(28,34)13-12-22(26(28)36-25)30-27(33)35-17-21-6-4-3-5-7-21/h3-8,11,19-20,22,26,32,34H,9-10,12-17H2,1-2H3,(H,30,33)/t19-,22-,26+,28+,29-/m1/s1. The van der Waals surface area contributed by atoms with Crippen molar-refractivity contribution in [3.63, 3.8) is 0 Å². The van der Waals surface area contributed by atoms with E-state index in [2.05, 4.69) is 17.1 Å². The van der Waals surface area contributed by atoms with Crippen molar-refractivity contribution in [1.82, 2.24) is 10.2 Å². The molecule has 3 fully saturated rings. The number of phenols is 1. The van der Waals surface area contributed by atoms with Crippen LogP contribution in [0.2, 0.25) is 0 Å². The molecule has 2 heterocycles. The number of hydrogen-bond acceptors (Lipinski definition) is 6. The van der Waals surface area contributed by atoms with Gasteiger partial charge in [0.2, 0.25) is 0 Å². The van der Waals surface area contributed by atoms with Crippen molar-refractivity contribution in [2.45, 2.75) is 81.8 Å². The lowest BCUT2D eigenvalue weighted by Gasteiger charge is -2.61. The molecule has 6 rings (SSSR count). The van der Waals surface area contributed by atoms with Crippen LogP contribution in [0.4, 0.5) is 4.79 Å². The molecule has 3 N–H and O–H groups in total. The predicted molar refractivity (Wildman–Crippen MR) is 135 cm³/mol. The van der Waals surface area contributed by atoms with Gasteiger partial charge in [0.15, 0.2) is 11.5 Å². The maximum absolute atomic E-state index is 12.9. The van der Waals surface area contributed by atoms with Crippen molar-refractivity contribution >= 4 is 6.09 Å². The number of fused-ring (bicyclic) bond motifs is 1. The summed E-state index contributed by atoms with van der Waals surface area (Å²) in [6, 6.07) is 12.7. The lowest BCUT2D eigenvalue weighted by atomic mass is 9.52. The molecule has 2 aliphatic carbocycles. The zero-order chi connectivity index (χ0) is 25.1. The number of alkyl carbamates (subject to hydrolysis) is 1. The summed E-state index contributed by atoms with van der Waals surface area (Å²) in [5.41, 5.74) is 1.06. The molecule has 192 valence electrons. The Kier molecular flexibility index (Phi) is 5.68. The summed E-state index contributed by atoms with van der Waals surface area (Å²) in [7, 11) is 0. The van der Waals surface area contributed by atoms with Crippen LogP contribution >= 0.6 is 0 Å².